The highest BCUT2D eigenvalue weighted by Crippen LogP contribution is 2.15. The highest BCUT2D eigenvalue weighted by molar-refractivity contribution is 4.51. The first-order chi connectivity index (χ1) is 12.9. The van der Waals surface area contributed by atoms with Crippen LogP contribution in [0.4, 0.5) is 0 Å². The van der Waals surface area contributed by atoms with Crippen molar-refractivity contribution in [3.8, 4) is 0 Å². The second kappa shape index (κ2) is 24.9. The van der Waals surface area contributed by atoms with Gasteiger partial charge in [-0.2, -0.15) is 0 Å². The first-order valence-electron chi connectivity index (χ1n) is 12.2. The molecule has 0 saturated heterocycles. The van der Waals surface area contributed by atoms with Gasteiger partial charge in [0.2, 0.25) is 0 Å². The van der Waals surface area contributed by atoms with E-state index in [1.54, 1.807) is 0 Å². The summed E-state index contributed by atoms with van der Waals surface area (Å²) in [6.07, 6.45) is 30.5. The predicted octanol–water partition coefficient (Wildman–Crippen LogP) is 7.52. The fraction of sp³-hybridized carbons (Fsp3) is 1.00. The monoisotopic (exact) mass is 369 g/mol. The summed E-state index contributed by atoms with van der Waals surface area (Å²) in [5.74, 6) is 0. The summed E-state index contributed by atoms with van der Waals surface area (Å²) in [7, 11) is 0. The summed E-state index contributed by atoms with van der Waals surface area (Å²) >= 11 is 0. The molecule has 0 aromatic heterocycles. The van der Waals surface area contributed by atoms with Crippen LogP contribution in [0.15, 0.2) is 0 Å². The van der Waals surface area contributed by atoms with Crippen molar-refractivity contribution in [2.75, 3.05) is 13.2 Å². The van der Waals surface area contributed by atoms with Crippen molar-refractivity contribution in [2.45, 2.75) is 141 Å². The molecule has 0 aliphatic heterocycles. The van der Waals surface area contributed by atoms with Gasteiger partial charge in [0.05, 0.1) is 0 Å². The Hall–Kier alpha value is -0.0800. The van der Waals surface area contributed by atoms with Gasteiger partial charge in [0.1, 0.15) is 0 Å². The molecule has 0 aliphatic rings. The molecule has 158 valence electrons. The molecular formula is C24H51NO. The van der Waals surface area contributed by atoms with E-state index < -0.39 is 0 Å². The zero-order valence-corrected chi connectivity index (χ0v) is 18.0. The van der Waals surface area contributed by atoms with Gasteiger partial charge in [0, 0.05) is 6.61 Å². The van der Waals surface area contributed by atoms with Gasteiger partial charge in [-0.05, 0) is 19.4 Å². The van der Waals surface area contributed by atoms with Gasteiger partial charge in [-0.3, -0.25) is 0 Å². The maximum Gasteiger partial charge on any atom is 0.0431 e. The van der Waals surface area contributed by atoms with Crippen LogP contribution < -0.4 is 5.73 Å². The SMILES string of the molecule is NCCCCCCCCCCCCCCCCCCCCCCCCO. The van der Waals surface area contributed by atoms with E-state index in [-0.39, 0.29) is 0 Å². The van der Waals surface area contributed by atoms with E-state index in [1.165, 1.54) is 135 Å². The normalized spacial score (nSPS) is 11.3. The maximum absolute atomic E-state index is 8.73. The number of unbranched alkanes of at least 4 members (excludes halogenated alkanes) is 21. The molecule has 3 N–H and O–H groups in total. The molecule has 0 saturated carbocycles. The average molecular weight is 370 g/mol. The first-order valence-corrected chi connectivity index (χ1v) is 12.2. The van der Waals surface area contributed by atoms with Crippen LogP contribution in [0.3, 0.4) is 0 Å². The van der Waals surface area contributed by atoms with Crippen molar-refractivity contribution in [2.24, 2.45) is 5.73 Å². The zero-order valence-electron chi connectivity index (χ0n) is 18.0. The quantitative estimate of drug-likeness (QED) is 0.183. The third kappa shape index (κ3) is 23.9. The summed E-state index contributed by atoms with van der Waals surface area (Å²) in [6, 6.07) is 0. The number of aliphatic hydroxyl groups excluding tert-OH is 1. The van der Waals surface area contributed by atoms with Gasteiger partial charge in [0.15, 0.2) is 0 Å². The molecular weight excluding hydrogens is 318 g/mol. The molecule has 2 nitrogen and oxygen atoms in total. The number of hydrogen-bond acceptors (Lipinski definition) is 2. The van der Waals surface area contributed by atoms with Crippen molar-refractivity contribution in [1.29, 1.82) is 0 Å². The standard InChI is InChI=1S/C24H51NO/c25-23-21-19-17-15-13-11-9-7-5-3-1-2-4-6-8-10-12-14-16-18-20-22-24-26/h26H,1-25H2. The largest absolute Gasteiger partial charge is 0.396 e. The number of nitrogens with two attached hydrogens (primary N) is 1. The van der Waals surface area contributed by atoms with E-state index in [0.717, 1.165) is 13.0 Å². The number of rotatable bonds is 23. The lowest BCUT2D eigenvalue weighted by atomic mass is 10.0. The van der Waals surface area contributed by atoms with Crippen LogP contribution in [0.25, 0.3) is 0 Å². The Kier molecular flexibility index (Phi) is 24.8. The summed E-state index contributed by atoms with van der Waals surface area (Å²) in [6.45, 7) is 1.24. The molecule has 0 aromatic rings. The van der Waals surface area contributed by atoms with Crippen molar-refractivity contribution in [1.82, 2.24) is 0 Å². The van der Waals surface area contributed by atoms with Gasteiger partial charge in [-0.1, -0.05) is 128 Å². The highest BCUT2D eigenvalue weighted by atomic mass is 16.2. The van der Waals surface area contributed by atoms with E-state index in [2.05, 4.69) is 0 Å². The van der Waals surface area contributed by atoms with Crippen molar-refractivity contribution in [3.63, 3.8) is 0 Å². The van der Waals surface area contributed by atoms with Gasteiger partial charge in [-0.25, -0.2) is 0 Å². The molecule has 0 heterocycles. The third-order valence-corrected chi connectivity index (χ3v) is 5.61. The van der Waals surface area contributed by atoms with Crippen LogP contribution in [-0.4, -0.2) is 18.3 Å². The molecule has 0 aromatic carbocycles. The predicted molar refractivity (Wildman–Crippen MR) is 118 cm³/mol. The molecule has 0 unspecified atom stereocenters. The second-order valence-electron chi connectivity index (χ2n) is 8.29. The van der Waals surface area contributed by atoms with Crippen LogP contribution in [0.1, 0.15) is 141 Å². The fourth-order valence-electron chi connectivity index (χ4n) is 3.79. The summed E-state index contributed by atoms with van der Waals surface area (Å²) in [4.78, 5) is 0. The maximum atomic E-state index is 8.73. The van der Waals surface area contributed by atoms with E-state index in [0.29, 0.717) is 6.61 Å². The van der Waals surface area contributed by atoms with E-state index >= 15 is 0 Å². The van der Waals surface area contributed by atoms with Gasteiger partial charge >= 0.3 is 0 Å². The van der Waals surface area contributed by atoms with Gasteiger partial charge in [-0.15, -0.1) is 0 Å². The van der Waals surface area contributed by atoms with E-state index in [4.69, 9.17) is 10.8 Å². The summed E-state index contributed by atoms with van der Waals surface area (Å²) in [5.41, 5.74) is 5.51. The Balaban J connectivity index is 2.95. The molecule has 0 rings (SSSR count). The number of aliphatic hydroxyl groups is 1. The number of hydrogen-bond donors (Lipinski definition) is 2. The van der Waals surface area contributed by atoms with Crippen molar-refractivity contribution in [3.05, 3.63) is 0 Å². The molecule has 2 heteroatoms. The highest BCUT2D eigenvalue weighted by Gasteiger charge is 1.95. The molecule has 0 amide bonds. The summed E-state index contributed by atoms with van der Waals surface area (Å²) < 4.78 is 0. The second-order valence-corrected chi connectivity index (χ2v) is 8.29. The van der Waals surface area contributed by atoms with Crippen molar-refractivity contribution < 1.29 is 5.11 Å². The Bertz CT molecular complexity index is 208. The minimum Gasteiger partial charge on any atom is -0.396 e. The Morgan fingerprint density at radius 2 is 0.500 bits per heavy atom. The Labute approximate surface area is 165 Å². The average Bonchev–Trinajstić information content (AvgIpc) is 2.66. The molecule has 0 aliphatic carbocycles. The van der Waals surface area contributed by atoms with Crippen LogP contribution in [-0.2, 0) is 0 Å². The molecule has 0 radical (unpaired) electrons. The fourth-order valence-corrected chi connectivity index (χ4v) is 3.79. The lowest BCUT2D eigenvalue weighted by molar-refractivity contribution is 0.282. The molecule has 0 atom stereocenters. The Morgan fingerprint density at radius 1 is 0.308 bits per heavy atom. The molecule has 0 fully saturated rings. The lowest BCUT2D eigenvalue weighted by Crippen LogP contribution is -1.97. The van der Waals surface area contributed by atoms with Gasteiger partial charge < -0.3 is 10.8 Å². The topological polar surface area (TPSA) is 46.2 Å². The molecule has 0 bridgehead atoms. The molecule has 0 spiro atoms. The van der Waals surface area contributed by atoms with Crippen molar-refractivity contribution >= 4 is 0 Å². The van der Waals surface area contributed by atoms with Crippen LogP contribution in [0.2, 0.25) is 0 Å². The summed E-state index contributed by atoms with van der Waals surface area (Å²) in [5, 5.41) is 8.73. The lowest BCUT2D eigenvalue weighted by Gasteiger charge is -2.04. The molecule has 26 heavy (non-hydrogen) atoms. The van der Waals surface area contributed by atoms with E-state index in [9.17, 15) is 0 Å². The zero-order chi connectivity index (χ0) is 19.0. The minimum atomic E-state index is 0.371. The first kappa shape index (κ1) is 25.9. The smallest absolute Gasteiger partial charge is 0.0431 e. The Morgan fingerprint density at radius 3 is 0.692 bits per heavy atom. The minimum absolute atomic E-state index is 0.371. The van der Waals surface area contributed by atoms with Crippen LogP contribution in [0.5, 0.6) is 0 Å². The van der Waals surface area contributed by atoms with Crippen LogP contribution >= 0.6 is 0 Å². The van der Waals surface area contributed by atoms with Crippen LogP contribution in [0, 0.1) is 0 Å². The van der Waals surface area contributed by atoms with E-state index in [1.807, 2.05) is 0 Å². The third-order valence-electron chi connectivity index (χ3n) is 5.61. The van der Waals surface area contributed by atoms with Gasteiger partial charge in [0.25, 0.3) is 0 Å².